The summed E-state index contributed by atoms with van der Waals surface area (Å²) in [6.07, 6.45) is 3.82. The third kappa shape index (κ3) is 2.54. The lowest BCUT2D eigenvalue weighted by atomic mass is 10.3. The van der Waals surface area contributed by atoms with E-state index < -0.39 is 11.8 Å². The summed E-state index contributed by atoms with van der Waals surface area (Å²) in [6.45, 7) is 0. The molecule has 17 heavy (non-hydrogen) atoms. The predicted octanol–water partition coefficient (Wildman–Crippen LogP) is 2.11. The molecule has 0 saturated heterocycles. The molecule has 0 spiro atoms. The Kier molecular flexibility index (Phi) is 2.95. The van der Waals surface area contributed by atoms with Gasteiger partial charge in [0.25, 0.3) is 5.88 Å². The van der Waals surface area contributed by atoms with Crippen molar-refractivity contribution in [2.45, 2.75) is 0 Å². The number of rotatable bonds is 3. The van der Waals surface area contributed by atoms with E-state index in [0.717, 1.165) is 0 Å². The molecule has 0 fully saturated rings. The van der Waals surface area contributed by atoms with Gasteiger partial charge in [-0.25, -0.2) is 14.2 Å². The molecule has 1 N–H and O–H groups in total. The van der Waals surface area contributed by atoms with Gasteiger partial charge >= 0.3 is 5.97 Å². The first-order chi connectivity index (χ1) is 8.16. The first-order valence-corrected chi connectivity index (χ1v) is 4.63. The predicted molar refractivity (Wildman–Crippen MR) is 55.5 cm³/mol. The highest BCUT2D eigenvalue weighted by atomic mass is 19.1. The molecule has 2 rings (SSSR count). The van der Waals surface area contributed by atoms with Crippen LogP contribution < -0.4 is 4.74 Å². The third-order valence-electron chi connectivity index (χ3n) is 1.90. The smallest absolute Gasteiger partial charge is 0.337 e. The molecule has 0 unspecified atom stereocenters. The number of hydrogen-bond acceptors (Lipinski definition) is 4. The number of nitrogens with zero attached hydrogens (tertiary/aromatic N) is 2. The van der Waals surface area contributed by atoms with Gasteiger partial charge in [-0.05, 0) is 18.2 Å². The molecule has 0 saturated carbocycles. The number of ether oxygens (including phenoxy) is 1. The van der Waals surface area contributed by atoms with Crippen molar-refractivity contribution in [1.82, 2.24) is 9.97 Å². The zero-order chi connectivity index (χ0) is 12.3. The van der Waals surface area contributed by atoms with E-state index in [0.29, 0.717) is 0 Å². The summed E-state index contributed by atoms with van der Waals surface area (Å²) in [5.41, 5.74) is -0.0427. The van der Waals surface area contributed by atoms with Crippen LogP contribution >= 0.6 is 0 Å². The highest BCUT2D eigenvalue weighted by molar-refractivity contribution is 5.87. The minimum atomic E-state index is -1.13. The van der Waals surface area contributed by atoms with Crippen molar-refractivity contribution in [3.05, 3.63) is 48.2 Å². The maximum atomic E-state index is 13.2. The fourth-order valence-electron chi connectivity index (χ4n) is 1.15. The van der Waals surface area contributed by atoms with E-state index in [-0.39, 0.29) is 17.2 Å². The number of pyridine rings is 2. The van der Waals surface area contributed by atoms with E-state index in [4.69, 9.17) is 9.84 Å². The summed E-state index contributed by atoms with van der Waals surface area (Å²) < 4.78 is 18.3. The molecule has 2 aromatic rings. The SMILES string of the molecule is O=C(O)c1cncc(Oc2ncccc2F)c1. The first kappa shape index (κ1) is 11.0. The van der Waals surface area contributed by atoms with Gasteiger partial charge in [-0.1, -0.05) is 0 Å². The molecular weight excluding hydrogens is 227 g/mol. The van der Waals surface area contributed by atoms with Crippen molar-refractivity contribution < 1.29 is 19.0 Å². The van der Waals surface area contributed by atoms with Crippen molar-refractivity contribution in [2.75, 3.05) is 0 Å². The van der Waals surface area contributed by atoms with Crippen molar-refractivity contribution in [1.29, 1.82) is 0 Å². The summed E-state index contributed by atoms with van der Waals surface area (Å²) in [4.78, 5) is 18.0. The molecule has 2 heterocycles. The van der Waals surface area contributed by atoms with Crippen LogP contribution in [0.4, 0.5) is 4.39 Å². The van der Waals surface area contributed by atoms with Crippen LogP contribution in [0.1, 0.15) is 10.4 Å². The van der Waals surface area contributed by atoms with E-state index >= 15 is 0 Å². The van der Waals surface area contributed by atoms with Crippen molar-refractivity contribution in [3.8, 4) is 11.6 Å². The van der Waals surface area contributed by atoms with Crippen molar-refractivity contribution >= 4 is 5.97 Å². The lowest BCUT2D eigenvalue weighted by Crippen LogP contribution is -1.98. The second-order valence-corrected chi connectivity index (χ2v) is 3.11. The Hall–Kier alpha value is -2.50. The molecular formula is C11H7FN2O3. The number of carboxylic acid groups (broad SMARTS) is 1. The van der Waals surface area contributed by atoms with Gasteiger partial charge in [0.1, 0.15) is 5.75 Å². The minimum Gasteiger partial charge on any atom is -0.478 e. The average Bonchev–Trinajstić information content (AvgIpc) is 2.32. The number of aromatic carboxylic acids is 1. The molecule has 0 aliphatic rings. The molecule has 2 aromatic heterocycles. The quantitative estimate of drug-likeness (QED) is 0.880. The van der Waals surface area contributed by atoms with Gasteiger partial charge in [-0.3, -0.25) is 4.98 Å². The van der Waals surface area contributed by atoms with Crippen molar-refractivity contribution in [3.63, 3.8) is 0 Å². The third-order valence-corrected chi connectivity index (χ3v) is 1.90. The molecule has 0 aliphatic carbocycles. The van der Waals surface area contributed by atoms with Gasteiger partial charge in [0.2, 0.25) is 0 Å². The van der Waals surface area contributed by atoms with E-state index in [1.165, 1.54) is 36.8 Å². The molecule has 0 aromatic carbocycles. The zero-order valence-electron chi connectivity index (χ0n) is 8.50. The summed E-state index contributed by atoms with van der Waals surface area (Å²) in [5.74, 6) is -1.88. The summed E-state index contributed by atoms with van der Waals surface area (Å²) in [5, 5.41) is 8.74. The Labute approximate surface area is 95.5 Å². The van der Waals surface area contributed by atoms with Crippen LogP contribution in [0.15, 0.2) is 36.8 Å². The number of aromatic nitrogens is 2. The average molecular weight is 234 g/mol. The van der Waals surface area contributed by atoms with Gasteiger partial charge < -0.3 is 9.84 Å². The monoisotopic (exact) mass is 234 g/mol. The Balaban J connectivity index is 2.28. The maximum Gasteiger partial charge on any atom is 0.337 e. The lowest BCUT2D eigenvalue weighted by Gasteiger charge is -2.05. The van der Waals surface area contributed by atoms with E-state index in [1.54, 1.807) is 0 Å². The van der Waals surface area contributed by atoms with Crippen LogP contribution in [-0.2, 0) is 0 Å². The Morgan fingerprint density at radius 3 is 2.94 bits per heavy atom. The summed E-state index contributed by atoms with van der Waals surface area (Å²) >= 11 is 0. The second kappa shape index (κ2) is 4.56. The number of halogens is 1. The number of carbonyl (C=O) groups is 1. The fraction of sp³-hybridized carbons (Fsp3) is 0. The van der Waals surface area contributed by atoms with E-state index in [1.807, 2.05) is 0 Å². The van der Waals surface area contributed by atoms with Crippen LogP contribution in [0.2, 0.25) is 0 Å². The fourth-order valence-corrected chi connectivity index (χ4v) is 1.15. The number of hydrogen-bond donors (Lipinski definition) is 1. The van der Waals surface area contributed by atoms with Crippen LogP contribution in [0.3, 0.4) is 0 Å². The highest BCUT2D eigenvalue weighted by Crippen LogP contribution is 2.21. The number of carboxylic acids is 1. The first-order valence-electron chi connectivity index (χ1n) is 4.63. The van der Waals surface area contributed by atoms with Crippen molar-refractivity contribution in [2.24, 2.45) is 0 Å². The van der Waals surface area contributed by atoms with Crippen LogP contribution in [0, 0.1) is 5.82 Å². The van der Waals surface area contributed by atoms with Crippen LogP contribution in [0.25, 0.3) is 0 Å². The van der Waals surface area contributed by atoms with Gasteiger partial charge in [-0.2, -0.15) is 0 Å². The maximum absolute atomic E-state index is 13.2. The topological polar surface area (TPSA) is 72.3 Å². The summed E-state index contributed by atoms with van der Waals surface area (Å²) in [6, 6.07) is 3.86. The largest absolute Gasteiger partial charge is 0.478 e. The molecule has 6 heteroatoms. The zero-order valence-corrected chi connectivity index (χ0v) is 8.50. The van der Waals surface area contributed by atoms with Crippen LogP contribution in [0.5, 0.6) is 11.6 Å². The lowest BCUT2D eigenvalue weighted by molar-refractivity contribution is 0.0696. The Morgan fingerprint density at radius 2 is 2.24 bits per heavy atom. The highest BCUT2D eigenvalue weighted by Gasteiger charge is 2.08. The molecule has 5 nitrogen and oxygen atoms in total. The Bertz CT molecular complexity index is 560. The summed E-state index contributed by atoms with van der Waals surface area (Å²) in [7, 11) is 0. The van der Waals surface area contributed by atoms with E-state index in [9.17, 15) is 9.18 Å². The second-order valence-electron chi connectivity index (χ2n) is 3.11. The standard InChI is InChI=1S/C11H7FN2O3/c12-9-2-1-3-14-10(9)17-8-4-7(11(15)16)5-13-6-8/h1-6H,(H,15,16). The van der Waals surface area contributed by atoms with Gasteiger partial charge in [0.15, 0.2) is 5.82 Å². The molecule has 0 atom stereocenters. The Morgan fingerprint density at radius 1 is 1.41 bits per heavy atom. The van der Waals surface area contributed by atoms with Gasteiger partial charge in [-0.15, -0.1) is 0 Å². The van der Waals surface area contributed by atoms with Crippen LogP contribution in [-0.4, -0.2) is 21.0 Å². The minimum absolute atomic E-state index is 0.0427. The molecule has 86 valence electrons. The molecule has 0 bridgehead atoms. The molecule has 0 amide bonds. The van der Waals surface area contributed by atoms with Gasteiger partial charge in [0, 0.05) is 12.4 Å². The van der Waals surface area contributed by atoms with E-state index in [2.05, 4.69) is 9.97 Å². The molecule has 0 radical (unpaired) electrons. The normalized spacial score (nSPS) is 9.94. The van der Waals surface area contributed by atoms with Gasteiger partial charge in [0.05, 0.1) is 11.8 Å². The molecule has 0 aliphatic heterocycles.